The molecule has 2 aromatic carbocycles. The molecule has 1 N–H and O–H groups in total. The Morgan fingerprint density at radius 3 is 2.52 bits per heavy atom. The molecular weight excluding hydrogens is 282 g/mol. The van der Waals surface area contributed by atoms with Crippen LogP contribution < -0.4 is 10.1 Å². The first kappa shape index (κ1) is 15.9. The zero-order chi connectivity index (χ0) is 15.2. The molecule has 3 heteroatoms. The molecule has 0 heterocycles. The van der Waals surface area contributed by atoms with Gasteiger partial charge in [-0.25, -0.2) is 0 Å². The molecule has 0 bridgehead atoms. The van der Waals surface area contributed by atoms with Crippen molar-refractivity contribution >= 4 is 11.6 Å². The van der Waals surface area contributed by atoms with Gasteiger partial charge in [-0.05, 0) is 56.2 Å². The van der Waals surface area contributed by atoms with Gasteiger partial charge in [-0.2, -0.15) is 0 Å². The van der Waals surface area contributed by atoms with Gasteiger partial charge in [-0.3, -0.25) is 0 Å². The van der Waals surface area contributed by atoms with Gasteiger partial charge in [0.05, 0.1) is 6.10 Å². The Morgan fingerprint density at radius 1 is 1.05 bits per heavy atom. The maximum atomic E-state index is 6.03. The van der Waals surface area contributed by atoms with Crippen molar-refractivity contribution in [3.63, 3.8) is 0 Å². The predicted molar refractivity (Wildman–Crippen MR) is 88.9 cm³/mol. The predicted octanol–water partition coefficient (Wildman–Crippen LogP) is 4.98. The highest BCUT2D eigenvalue weighted by molar-refractivity contribution is 6.30. The van der Waals surface area contributed by atoms with E-state index in [1.54, 1.807) is 0 Å². The molecule has 0 spiro atoms. The van der Waals surface area contributed by atoms with Crippen molar-refractivity contribution in [3.05, 3.63) is 64.7 Å². The van der Waals surface area contributed by atoms with E-state index >= 15 is 0 Å². The lowest BCUT2D eigenvalue weighted by atomic mass is 10.1. The van der Waals surface area contributed by atoms with Crippen LogP contribution in [-0.2, 0) is 6.54 Å². The zero-order valence-corrected chi connectivity index (χ0v) is 13.5. The molecule has 0 fully saturated rings. The molecule has 0 saturated carbocycles. The second-order valence-corrected chi connectivity index (χ2v) is 5.91. The van der Waals surface area contributed by atoms with Gasteiger partial charge in [-0.15, -0.1) is 0 Å². The van der Waals surface area contributed by atoms with Crippen LogP contribution in [0.25, 0.3) is 0 Å². The molecular formula is C18H22ClNO. The van der Waals surface area contributed by atoms with Crippen LogP contribution >= 0.6 is 11.6 Å². The Bertz CT molecular complexity index is 583. The first-order valence-electron chi connectivity index (χ1n) is 7.29. The average molecular weight is 304 g/mol. The van der Waals surface area contributed by atoms with Crippen LogP contribution in [0.1, 0.15) is 37.9 Å². The minimum absolute atomic E-state index is 0.193. The molecule has 21 heavy (non-hydrogen) atoms. The van der Waals surface area contributed by atoms with Gasteiger partial charge >= 0.3 is 0 Å². The minimum Gasteiger partial charge on any atom is -0.491 e. The van der Waals surface area contributed by atoms with E-state index in [-0.39, 0.29) is 12.1 Å². The summed E-state index contributed by atoms with van der Waals surface area (Å²) in [7, 11) is 0. The van der Waals surface area contributed by atoms with Crippen molar-refractivity contribution in [2.24, 2.45) is 0 Å². The molecule has 0 radical (unpaired) electrons. The van der Waals surface area contributed by atoms with Gasteiger partial charge in [0.25, 0.3) is 0 Å². The number of ether oxygens (including phenoxy) is 1. The van der Waals surface area contributed by atoms with E-state index in [2.05, 4.69) is 30.4 Å². The van der Waals surface area contributed by atoms with Gasteiger partial charge in [0.15, 0.2) is 0 Å². The molecule has 2 rings (SSSR count). The maximum absolute atomic E-state index is 6.03. The molecule has 0 aromatic heterocycles. The van der Waals surface area contributed by atoms with E-state index in [0.29, 0.717) is 0 Å². The van der Waals surface area contributed by atoms with Crippen molar-refractivity contribution in [2.75, 3.05) is 0 Å². The third kappa shape index (κ3) is 5.07. The molecule has 112 valence electrons. The summed E-state index contributed by atoms with van der Waals surface area (Å²) >= 11 is 6.03. The van der Waals surface area contributed by atoms with E-state index < -0.39 is 0 Å². The highest BCUT2D eigenvalue weighted by Gasteiger charge is 2.06. The summed E-state index contributed by atoms with van der Waals surface area (Å²) in [5.74, 6) is 0.916. The number of hydrogen-bond donors (Lipinski definition) is 1. The Morgan fingerprint density at radius 2 is 1.81 bits per heavy atom. The van der Waals surface area contributed by atoms with Crippen LogP contribution in [-0.4, -0.2) is 6.10 Å². The first-order chi connectivity index (χ1) is 10.0. The van der Waals surface area contributed by atoms with Crippen molar-refractivity contribution < 1.29 is 4.74 Å². The van der Waals surface area contributed by atoms with Gasteiger partial charge in [0.2, 0.25) is 0 Å². The lowest BCUT2D eigenvalue weighted by Gasteiger charge is -2.15. The van der Waals surface area contributed by atoms with Crippen molar-refractivity contribution in [1.29, 1.82) is 0 Å². The smallest absolute Gasteiger partial charge is 0.120 e. The normalized spacial score (nSPS) is 12.4. The summed E-state index contributed by atoms with van der Waals surface area (Å²) in [5, 5.41) is 4.28. The Balaban J connectivity index is 1.96. The van der Waals surface area contributed by atoms with Crippen LogP contribution in [0.15, 0.2) is 48.5 Å². The van der Waals surface area contributed by atoms with E-state index in [9.17, 15) is 0 Å². The molecule has 2 aromatic rings. The molecule has 1 atom stereocenters. The fraction of sp³-hybridized carbons (Fsp3) is 0.333. The van der Waals surface area contributed by atoms with Crippen LogP contribution in [0.3, 0.4) is 0 Å². The Kier molecular flexibility index (Phi) is 5.66. The Labute approximate surface area is 132 Å². The molecule has 0 amide bonds. The van der Waals surface area contributed by atoms with Crippen molar-refractivity contribution in [2.45, 2.75) is 39.5 Å². The van der Waals surface area contributed by atoms with E-state index in [1.807, 2.05) is 44.2 Å². The zero-order valence-electron chi connectivity index (χ0n) is 12.8. The fourth-order valence-corrected chi connectivity index (χ4v) is 2.36. The second kappa shape index (κ2) is 7.48. The van der Waals surface area contributed by atoms with Crippen molar-refractivity contribution in [1.82, 2.24) is 5.32 Å². The topological polar surface area (TPSA) is 21.3 Å². The van der Waals surface area contributed by atoms with E-state index in [0.717, 1.165) is 17.3 Å². The molecule has 0 aliphatic heterocycles. The average Bonchev–Trinajstić information content (AvgIpc) is 2.44. The quantitative estimate of drug-likeness (QED) is 0.813. The summed E-state index contributed by atoms with van der Waals surface area (Å²) in [4.78, 5) is 0. The Hall–Kier alpha value is -1.51. The summed E-state index contributed by atoms with van der Waals surface area (Å²) in [6.07, 6.45) is 0.193. The monoisotopic (exact) mass is 303 g/mol. The highest BCUT2D eigenvalue weighted by atomic mass is 35.5. The molecule has 0 aliphatic carbocycles. The third-order valence-electron chi connectivity index (χ3n) is 3.23. The number of nitrogens with one attached hydrogen (secondary N) is 1. The number of benzene rings is 2. The highest BCUT2D eigenvalue weighted by Crippen LogP contribution is 2.19. The van der Waals surface area contributed by atoms with Gasteiger partial charge in [0, 0.05) is 17.6 Å². The summed E-state index contributed by atoms with van der Waals surface area (Å²) in [6.45, 7) is 7.00. The van der Waals surface area contributed by atoms with Crippen LogP contribution in [0.5, 0.6) is 5.75 Å². The first-order valence-corrected chi connectivity index (χ1v) is 7.67. The van der Waals surface area contributed by atoms with Crippen LogP contribution in [0.2, 0.25) is 5.02 Å². The SMILES string of the molecule is CC(C)Oc1cccc(CN[C@H](C)c2cccc(Cl)c2)c1. The molecule has 0 aliphatic rings. The largest absolute Gasteiger partial charge is 0.491 e. The van der Waals surface area contributed by atoms with Crippen LogP contribution in [0, 0.1) is 0 Å². The lowest BCUT2D eigenvalue weighted by Crippen LogP contribution is -2.18. The molecule has 0 saturated heterocycles. The van der Waals surface area contributed by atoms with E-state index in [4.69, 9.17) is 16.3 Å². The summed E-state index contributed by atoms with van der Waals surface area (Å²) < 4.78 is 5.72. The molecule has 2 nitrogen and oxygen atoms in total. The van der Waals surface area contributed by atoms with Crippen LogP contribution in [0.4, 0.5) is 0 Å². The lowest BCUT2D eigenvalue weighted by molar-refractivity contribution is 0.242. The van der Waals surface area contributed by atoms with Gasteiger partial charge < -0.3 is 10.1 Å². The minimum atomic E-state index is 0.193. The number of rotatable bonds is 6. The standard InChI is InChI=1S/C18H22ClNO/c1-13(2)21-18-9-4-6-15(10-18)12-20-14(3)16-7-5-8-17(19)11-16/h4-11,13-14,20H,12H2,1-3H3/t14-/m1/s1. The number of hydrogen-bond acceptors (Lipinski definition) is 2. The molecule has 0 unspecified atom stereocenters. The summed E-state index contributed by atoms with van der Waals surface area (Å²) in [6, 6.07) is 16.4. The van der Waals surface area contributed by atoms with Gasteiger partial charge in [-0.1, -0.05) is 35.9 Å². The fourth-order valence-electron chi connectivity index (χ4n) is 2.17. The second-order valence-electron chi connectivity index (χ2n) is 5.47. The number of halogens is 1. The third-order valence-corrected chi connectivity index (χ3v) is 3.47. The van der Waals surface area contributed by atoms with Crippen molar-refractivity contribution in [3.8, 4) is 5.75 Å². The maximum Gasteiger partial charge on any atom is 0.120 e. The summed E-state index contributed by atoms with van der Waals surface area (Å²) in [5.41, 5.74) is 2.40. The van der Waals surface area contributed by atoms with Gasteiger partial charge in [0.1, 0.15) is 5.75 Å². The van der Waals surface area contributed by atoms with E-state index in [1.165, 1.54) is 11.1 Å².